The first-order chi connectivity index (χ1) is 15.2. The van der Waals surface area contributed by atoms with Crippen molar-refractivity contribution in [3.8, 4) is 23.7 Å². The minimum Gasteiger partial charge on any atom is -0.353 e. The number of nitrogens with one attached hydrogen (secondary N) is 1. The van der Waals surface area contributed by atoms with Crippen LogP contribution in [0.2, 0.25) is 0 Å². The number of benzene rings is 4. The third-order valence-electron chi connectivity index (χ3n) is 4.91. The Morgan fingerprint density at radius 3 is 1.26 bits per heavy atom. The molecule has 0 aliphatic rings. The zero-order chi connectivity index (χ0) is 21.5. The fourth-order valence-electron chi connectivity index (χ4n) is 3.10. The maximum atomic E-state index is 3.53. The normalized spacial score (nSPS) is 9.74. The molecule has 0 bridgehead atoms. The second kappa shape index (κ2) is 9.53. The third-order valence-corrected chi connectivity index (χ3v) is 4.91. The van der Waals surface area contributed by atoms with Gasteiger partial charge in [0.1, 0.15) is 0 Å². The molecule has 0 aliphatic heterocycles. The van der Waals surface area contributed by atoms with E-state index in [1.807, 2.05) is 72.8 Å². The van der Waals surface area contributed by atoms with Gasteiger partial charge in [-0.1, -0.05) is 83.3 Å². The number of aryl methyl sites for hydroxylation is 2. The van der Waals surface area contributed by atoms with E-state index in [9.17, 15) is 0 Å². The molecule has 4 aromatic carbocycles. The van der Waals surface area contributed by atoms with Crippen LogP contribution >= 0.6 is 0 Å². The maximum Gasteiger partial charge on any atom is 0.0543 e. The predicted molar refractivity (Wildman–Crippen MR) is 130 cm³/mol. The second-order valence-electron chi connectivity index (χ2n) is 7.45. The third kappa shape index (κ3) is 5.45. The minimum absolute atomic E-state index is 0.948. The average Bonchev–Trinajstić information content (AvgIpc) is 2.80. The van der Waals surface area contributed by atoms with Crippen molar-refractivity contribution in [3.05, 3.63) is 130 Å². The number of hydrogen-bond donors (Lipinski definition) is 1. The molecule has 0 spiro atoms. The van der Waals surface area contributed by atoms with Crippen LogP contribution in [-0.4, -0.2) is 0 Å². The van der Waals surface area contributed by atoms with Gasteiger partial charge in [0, 0.05) is 22.3 Å². The summed E-state index contributed by atoms with van der Waals surface area (Å²) in [6.07, 6.45) is 0. The van der Waals surface area contributed by atoms with E-state index < -0.39 is 0 Å². The molecule has 0 saturated carbocycles. The quantitative estimate of drug-likeness (QED) is 0.365. The first kappa shape index (κ1) is 20.1. The Hall–Kier alpha value is -4.20. The van der Waals surface area contributed by atoms with Gasteiger partial charge < -0.3 is 5.32 Å². The largest absolute Gasteiger partial charge is 0.353 e. The Kier molecular flexibility index (Phi) is 6.18. The van der Waals surface area contributed by atoms with Crippen LogP contribution in [0.3, 0.4) is 0 Å². The highest BCUT2D eigenvalue weighted by molar-refractivity contribution is 5.72. The summed E-state index contributed by atoms with van der Waals surface area (Å²) in [6, 6.07) is 32.7. The molecule has 0 heterocycles. The van der Waals surface area contributed by atoms with E-state index in [-0.39, 0.29) is 0 Å². The molecule has 0 amide bonds. The van der Waals surface area contributed by atoms with Crippen LogP contribution < -0.4 is 5.32 Å². The molecule has 0 fully saturated rings. The fraction of sp³-hybridized carbons (Fsp3) is 0.0667. The smallest absolute Gasteiger partial charge is 0.0543 e. The highest BCUT2D eigenvalue weighted by Gasteiger charge is 2.03. The summed E-state index contributed by atoms with van der Waals surface area (Å²) in [4.78, 5) is 0. The highest BCUT2D eigenvalue weighted by atomic mass is 14.9. The van der Waals surface area contributed by atoms with Gasteiger partial charge in [0.25, 0.3) is 0 Å². The molecule has 1 heteroatoms. The summed E-state index contributed by atoms with van der Waals surface area (Å²) in [6.45, 7) is 4.16. The lowest BCUT2D eigenvalue weighted by Crippen LogP contribution is -1.96. The summed E-state index contributed by atoms with van der Waals surface area (Å²) >= 11 is 0. The fourth-order valence-corrected chi connectivity index (χ4v) is 3.10. The minimum atomic E-state index is 0.948. The molecule has 1 nitrogen and oxygen atoms in total. The zero-order valence-electron chi connectivity index (χ0n) is 17.7. The topological polar surface area (TPSA) is 12.0 Å². The van der Waals surface area contributed by atoms with Crippen molar-refractivity contribution in [2.75, 3.05) is 5.32 Å². The summed E-state index contributed by atoms with van der Waals surface area (Å²) < 4.78 is 0. The summed E-state index contributed by atoms with van der Waals surface area (Å²) in [5.41, 5.74) is 8.30. The molecular formula is C30H23N. The van der Waals surface area contributed by atoms with E-state index in [2.05, 4.69) is 67.1 Å². The Morgan fingerprint density at radius 1 is 0.452 bits per heavy atom. The highest BCUT2D eigenvalue weighted by Crippen LogP contribution is 2.23. The van der Waals surface area contributed by atoms with Gasteiger partial charge in [-0.3, -0.25) is 0 Å². The number of hydrogen-bond acceptors (Lipinski definition) is 1. The SMILES string of the molecule is Cc1ccc(C#Cc2ccccc2Nc2ccccc2C#Cc2ccc(C)cc2)cc1. The summed E-state index contributed by atoms with van der Waals surface area (Å²) in [5, 5.41) is 3.53. The summed E-state index contributed by atoms with van der Waals surface area (Å²) in [7, 11) is 0. The van der Waals surface area contributed by atoms with E-state index in [0.717, 1.165) is 33.6 Å². The van der Waals surface area contributed by atoms with Gasteiger partial charge in [0.2, 0.25) is 0 Å². The van der Waals surface area contributed by atoms with Gasteiger partial charge in [-0.2, -0.15) is 0 Å². The van der Waals surface area contributed by atoms with E-state index in [0.29, 0.717) is 0 Å². The van der Waals surface area contributed by atoms with Crippen LogP contribution in [0.4, 0.5) is 11.4 Å². The second-order valence-corrected chi connectivity index (χ2v) is 7.45. The van der Waals surface area contributed by atoms with Crippen LogP contribution in [0.1, 0.15) is 33.4 Å². The lowest BCUT2D eigenvalue weighted by atomic mass is 10.1. The van der Waals surface area contributed by atoms with Crippen molar-refractivity contribution in [2.45, 2.75) is 13.8 Å². The molecule has 0 unspecified atom stereocenters. The maximum absolute atomic E-state index is 3.53. The van der Waals surface area contributed by atoms with Gasteiger partial charge >= 0.3 is 0 Å². The molecule has 148 valence electrons. The van der Waals surface area contributed by atoms with Gasteiger partial charge in [0.15, 0.2) is 0 Å². The molecule has 0 radical (unpaired) electrons. The Labute approximate surface area is 184 Å². The van der Waals surface area contributed by atoms with Gasteiger partial charge in [0.05, 0.1) is 11.4 Å². The Bertz CT molecular complexity index is 1200. The molecule has 0 aliphatic carbocycles. The van der Waals surface area contributed by atoms with E-state index in [1.165, 1.54) is 11.1 Å². The molecule has 0 aromatic heterocycles. The van der Waals surface area contributed by atoms with Crippen molar-refractivity contribution < 1.29 is 0 Å². The number of rotatable bonds is 2. The van der Waals surface area contributed by atoms with Crippen LogP contribution in [-0.2, 0) is 0 Å². The van der Waals surface area contributed by atoms with Crippen LogP contribution in [0, 0.1) is 37.5 Å². The van der Waals surface area contributed by atoms with Crippen molar-refractivity contribution >= 4 is 11.4 Å². The van der Waals surface area contributed by atoms with Gasteiger partial charge in [-0.15, -0.1) is 0 Å². The first-order valence-corrected chi connectivity index (χ1v) is 10.3. The van der Waals surface area contributed by atoms with Gasteiger partial charge in [-0.05, 0) is 62.4 Å². The van der Waals surface area contributed by atoms with Crippen LogP contribution in [0.15, 0.2) is 97.1 Å². The average molecular weight is 398 g/mol. The van der Waals surface area contributed by atoms with Crippen molar-refractivity contribution in [2.24, 2.45) is 0 Å². The lowest BCUT2D eigenvalue weighted by Gasteiger charge is -2.10. The Balaban J connectivity index is 1.61. The van der Waals surface area contributed by atoms with E-state index >= 15 is 0 Å². The van der Waals surface area contributed by atoms with Crippen molar-refractivity contribution in [1.82, 2.24) is 0 Å². The zero-order valence-corrected chi connectivity index (χ0v) is 17.7. The molecule has 0 saturated heterocycles. The molecule has 31 heavy (non-hydrogen) atoms. The number of anilines is 2. The first-order valence-electron chi connectivity index (χ1n) is 10.3. The summed E-state index contributed by atoms with van der Waals surface area (Å²) in [5.74, 6) is 13.1. The molecule has 0 atom stereocenters. The standard InChI is InChI=1S/C30H23N/c1-23-11-15-25(16-12-23)19-21-27-7-3-5-9-29(27)31-30-10-6-4-8-28(30)22-20-26-17-13-24(2)14-18-26/h3-18,31H,1-2H3. The van der Waals surface area contributed by atoms with Gasteiger partial charge in [-0.25, -0.2) is 0 Å². The number of para-hydroxylation sites is 2. The predicted octanol–water partition coefficient (Wildman–Crippen LogP) is 6.85. The Morgan fingerprint density at radius 2 is 0.839 bits per heavy atom. The molecule has 4 aromatic rings. The molecular weight excluding hydrogens is 374 g/mol. The van der Waals surface area contributed by atoms with E-state index in [4.69, 9.17) is 0 Å². The van der Waals surface area contributed by atoms with Crippen molar-refractivity contribution in [1.29, 1.82) is 0 Å². The van der Waals surface area contributed by atoms with Crippen LogP contribution in [0.5, 0.6) is 0 Å². The molecule has 1 N–H and O–H groups in total. The molecule has 4 rings (SSSR count). The van der Waals surface area contributed by atoms with Crippen molar-refractivity contribution in [3.63, 3.8) is 0 Å². The van der Waals surface area contributed by atoms with E-state index in [1.54, 1.807) is 0 Å². The lowest BCUT2D eigenvalue weighted by molar-refractivity contribution is 1.46. The monoisotopic (exact) mass is 397 g/mol. The van der Waals surface area contributed by atoms with Crippen LogP contribution in [0.25, 0.3) is 0 Å².